The zero-order valence-corrected chi connectivity index (χ0v) is 17.6. The third kappa shape index (κ3) is 6.47. The second-order valence-corrected chi connectivity index (χ2v) is 7.24. The molecule has 4 amide bonds. The second-order valence-electron chi connectivity index (χ2n) is 7.24. The maximum absolute atomic E-state index is 12.7. The first-order chi connectivity index (χ1) is 14.3. The van der Waals surface area contributed by atoms with Crippen LogP contribution in [0.3, 0.4) is 0 Å². The van der Waals surface area contributed by atoms with E-state index >= 15 is 0 Å². The summed E-state index contributed by atoms with van der Waals surface area (Å²) < 4.78 is 5.10. The van der Waals surface area contributed by atoms with Crippen molar-refractivity contribution < 1.29 is 23.9 Å². The molecule has 0 radical (unpaired) electrons. The molecule has 0 saturated carbocycles. The summed E-state index contributed by atoms with van der Waals surface area (Å²) >= 11 is 0. The van der Waals surface area contributed by atoms with Gasteiger partial charge in [0.25, 0.3) is 0 Å². The van der Waals surface area contributed by atoms with Crippen LogP contribution in [0.5, 0.6) is 0 Å². The summed E-state index contributed by atoms with van der Waals surface area (Å²) in [4.78, 5) is 50.6. The molecule has 1 aliphatic heterocycles. The van der Waals surface area contributed by atoms with Crippen molar-refractivity contribution in [1.29, 1.82) is 0 Å². The predicted molar refractivity (Wildman–Crippen MR) is 110 cm³/mol. The minimum Gasteiger partial charge on any atom is -0.445 e. The van der Waals surface area contributed by atoms with E-state index in [1.807, 2.05) is 37.3 Å². The van der Waals surface area contributed by atoms with Crippen molar-refractivity contribution in [2.45, 2.75) is 58.3 Å². The summed E-state index contributed by atoms with van der Waals surface area (Å²) in [7, 11) is 0. The van der Waals surface area contributed by atoms with Crippen molar-refractivity contribution in [2.24, 2.45) is 0 Å². The summed E-state index contributed by atoms with van der Waals surface area (Å²) in [5.74, 6) is -1.02. The van der Waals surface area contributed by atoms with Crippen LogP contribution in [0, 0.1) is 0 Å². The zero-order valence-electron chi connectivity index (χ0n) is 17.6. The van der Waals surface area contributed by atoms with Crippen molar-refractivity contribution in [3.05, 3.63) is 35.9 Å². The van der Waals surface area contributed by atoms with Gasteiger partial charge < -0.3 is 25.6 Å². The van der Waals surface area contributed by atoms with Gasteiger partial charge in [-0.15, -0.1) is 0 Å². The molecule has 3 N–H and O–H groups in total. The summed E-state index contributed by atoms with van der Waals surface area (Å²) in [6, 6.07) is 6.95. The minimum absolute atomic E-state index is 0.0894. The maximum Gasteiger partial charge on any atom is 0.408 e. The standard InChI is InChI=1S/C21H30N4O5/c1-4-22-19(27)17-11-8-12-25(17)20(28)15(3)23-18(26)14(2)24-21(29)30-13-16-9-6-5-7-10-16/h5-7,9-10,14-15,17H,4,8,11-13H2,1-3H3,(H,22,27)(H,23,26)(H,24,29)/t14-,15-,17-/m0/s1. The average Bonchev–Trinajstić information content (AvgIpc) is 3.22. The van der Waals surface area contributed by atoms with Crippen LogP contribution >= 0.6 is 0 Å². The molecule has 1 fully saturated rings. The van der Waals surface area contributed by atoms with Gasteiger partial charge in [0.2, 0.25) is 17.7 Å². The molecule has 1 aliphatic rings. The molecule has 1 aromatic carbocycles. The second kappa shape index (κ2) is 11.2. The van der Waals surface area contributed by atoms with Crippen molar-refractivity contribution in [3.63, 3.8) is 0 Å². The number of amides is 4. The van der Waals surface area contributed by atoms with Crippen molar-refractivity contribution in [3.8, 4) is 0 Å². The number of likely N-dealkylation sites (N-methyl/N-ethyl adjacent to an activating group) is 1. The Balaban J connectivity index is 1.81. The van der Waals surface area contributed by atoms with Crippen LogP contribution in [0.15, 0.2) is 30.3 Å². The first kappa shape index (κ1) is 23.2. The van der Waals surface area contributed by atoms with Gasteiger partial charge in [0.15, 0.2) is 0 Å². The number of alkyl carbamates (subject to hydrolysis) is 1. The lowest BCUT2D eigenvalue weighted by atomic mass is 10.2. The molecule has 2 rings (SSSR count). The highest BCUT2D eigenvalue weighted by atomic mass is 16.5. The van der Waals surface area contributed by atoms with E-state index in [-0.39, 0.29) is 18.4 Å². The Labute approximate surface area is 176 Å². The Bertz CT molecular complexity index is 755. The van der Waals surface area contributed by atoms with Crippen LogP contribution in [-0.2, 0) is 25.7 Å². The summed E-state index contributed by atoms with van der Waals surface area (Å²) in [6.07, 6.45) is 0.611. The first-order valence-electron chi connectivity index (χ1n) is 10.2. The molecule has 0 aromatic heterocycles. The van der Waals surface area contributed by atoms with E-state index in [9.17, 15) is 19.2 Å². The normalized spacial score (nSPS) is 17.6. The Morgan fingerprint density at radius 1 is 1.10 bits per heavy atom. The fourth-order valence-electron chi connectivity index (χ4n) is 3.25. The molecule has 0 unspecified atom stereocenters. The molecule has 30 heavy (non-hydrogen) atoms. The summed E-state index contributed by atoms with van der Waals surface area (Å²) in [5, 5.41) is 7.77. The minimum atomic E-state index is -0.888. The van der Waals surface area contributed by atoms with E-state index in [4.69, 9.17) is 4.74 Å². The van der Waals surface area contributed by atoms with E-state index in [1.54, 1.807) is 6.92 Å². The van der Waals surface area contributed by atoms with Crippen LogP contribution in [0.1, 0.15) is 39.2 Å². The van der Waals surface area contributed by atoms with Gasteiger partial charge in [0, 0.05) is 13.1 Å². The number of hydrogen-bond acceptors (Lipinski definition) is 5. The smallest absolute Gasteiger partial charge is 0.408 e. The highest BCUT2D eigenvalue weighted by Gasteiger charge is 2.36. The van der Waals surface area contributed by atoms with Gasteiger partial charge in [-0.2, -0.15) is 0 Å². The van der Waals surface area contributed by atoms with E-state index in [0.29, 0.717) is 19.5 Å². The summed E-state index contributed by atoms with van der Waals surface area (Å²) in [6.45, 7) is 5.94. The van der Waals surface area contributed by atoms with Crippen LogP contribution in [0.4, 0.5) is 4.79 Å². The average molecular weight is 418 g/mol. The van der Waals surface area contributed by atoms with Gasteiger partial charge in [-0.1, -0.05) is 30.3 Å². The first-order valence-corrected chi connectivity index (χ1v) is 10.2. The van der Waals surface area contributed by atoms with Crippen LogP contribution in [0.2, 0.25) is 0 Å². The number of rotatable bonds is 8. The zero-order chi connectivity index (χ0) is 22.1. The van der Waals surface area contributed by atoms with Crippen LogP contribution in [-0.4, -0.2) is 59.9 Å². The van der Waals surface area contributed by atoms with Gasteiger partial charge in [-0.25, -0.2) is 4.79 Å². The van der Waals surface area contributed by atoms with Gasteiger partial charge in [0.1, 0.15) is 24.7 Å². The molecule has 1 saturated heterocycles. The lowest BCUT2D eigenvalue weighted by Crippen LogP contribution is -2.55. The number of nitrogens with zero attached hydrogens (tertiary/aromatic N) is 1. The number of ether oxygens (including phenoxy) is 1. The van der Waals surface area contributed by atoms with Crippen LogP contribution in [0.25, 0.3) is 0 Å². The fourth-order valence-corrected chi connectivity index (χ4v) is 3.25. The lowest BCUT2D eigenvalue weighted by molar-refractivity contribution is -0.141. The maximum atomic E-state index is 12.7. The molecular formula is C21H30N4O5. The van der Waals surface area contributed by atoms with Crippen LogP contribution < -0.4 is 16.0 Å². The van der Waals surface area contributed by atoms with E-state index in [2.05, 4.69) is 16.0 Å². The largest absolute Gasteiger partial charge is 0.445 e. The SMILES string of the molecule is CCNC(=O)[C@@H]1CCCN1C(=O)[C@H](C)NC(=O)[C@H](C)NC(=O)OCc1ccccc1. The van der Waals surface area contributed by atoms with Gasteiger partial charge in [-0.05, 0) is 39.2 Å². The number of carbonyl (C=O) groups excluding carboxylic acids is 4. The van der Waals surface area contributed by atoms with Gasteiger partial charge in [0.05, 0.1) is 0 Å². The molecule has 3 atom stereocenters. The third-order valence-electron chi connectivity index (χ3n) is 4.86. The Morgan fingerprint density at radius 3 is 2.47 bits per heavy atom. The molecule has 0 spiro atoms. The topological polar surface area (TPSA) is 117 Å². The number of benzene rings is 1. The molecule has 1 aromatic rings. The highest BCUT2D eigenvalue weighted by Crippen LogP contribution is 2.18. The molecule has 1 heterocycles. The number of carbonyl (C=O) groups is 4. The number of nitrogens with one attached hydrogen (secondary N) is 3. The highest BCUT2D eigenvalue weighted by molar-refractivity contribution is 5.93. The van der Waals surface area contributed by atoms with E-state index in [1.165, 1.54) is 11.8 Å². The van der Waals surface area contributed by atoms with Crippen molar-refractivity contribution in [2.75, 3.05) is 13.1 Å². The monoisotopic (exact) mass is 418 g/mol. The van der Waals surface area contributed by atoms with Gasteiger partial charge >= 0.3 is 6.09 Å². The van der Waals surface area contributed by atoms with E-state index in [0.717, 1.165) is 12.0 Å². The molecule has 164 valence electrons. The molecule has 9 heteroatoms. The molecule has 0 aliphatic carbocycles. The number of likely N-dealkylation sites (tertiary alicyclic amines) is 1. The molecule has 0 bridgehead atoms. The van der Waals surface area contributed by atoms with Gasteiger partial charge in [-0.3, -0.25) is 14.4 Å². The summed E-state index contributed by atoms with van der Waals surface area (Å²) in [5.41, 5.74) is 0.830. The molecule has 9 nitrogen and oxygen atoms in total. The number of hydrogen-bond donors (Lipinski definition) is 3. The Morgan fingerprint density at radius 2 is 1.80 bits per heavy atom. The third-order valence-corrected chi connectivity index (χ3v) is 4.86. The Hall–Kier alpha value is -3.10. The van der Waals surface area contributed by atoms with Crippen molar-refractivity contribution >= 4 is 23.8 Å². The van der Waals surface area contributed by atoms with E-state index < -0.39 is 30.1 Å². The van der Waals surface area contributed by atoms with Crippen molar-refractivity contribution in [1.82, 2.24) is 20.9 Å². The fraction of sp³-hybridized carbons (Fsp3) is 0.524. The predicted octanol–water partition coefficient (Wildman–Crippen LogP) is 0.933. The molecular weight excluding hydrogens is 388 g/mol. The Kier molecular flexibility index (Phi) is 8.64. The lowest BCUT2D eigenvalue weighted by Gasteiger charge is -2.27. The quantitative estimate of drug-likeness (QED) is 0.581.